The number of aliphatic imine (C=N–C) groups is 1. The number of rotatable bonds is 8. The van der Waals surface area contributed by atoms with Gasteiger partial charge in [-0.3, -0.25) is 0 Å². The van der Waals surface area contributed by atoms with Gasteiger partial charge in [-0.05, 0) is 43.7 Å². The predicted molar refractivity (Wildman–Crippen MR) is 109 cm³/mol. The number of guanidine groups is 1. The van der Waals surface area contributed by atoms with Crippen LogP contribution in [0.1, 0.15) is 19.4 Å². The van der Waals surface area contributed by atoms with Gasteiger partial charge in [0, 0.05) is 6.07 Å². The van der Waals surface area contributed by atoms with Crippen LogP contribution in [0.2, 0.25) is 0 Å². The number of ether oxygens (including phenoxy) is 2. The number of nitrogens with one attached hydrogen (secondary N) is 1. The van der Waals surface area contributed by atoms with Crippen molar-refractivity contribution in [3.05, 3.63) is 60.7 Å². The largest absolute Gasteiger partial charge is 0.494 e. The molecule has 1 aromatic heterocycles. The molecule has 0 amide bonds. The monoisotopic (exact) mass is 380 g/mol. The molecule has 0 atom stereocenters. The number of anilines is 1. The molecule has 0 radical (unpaired) electrons. The molecule has 0 unspecified atom stereocenters. The van der Waals surface area contributed by atoms with Crippen LogP contribution in [0.5, 0.6) is 11.5 Å². The lowest BCUT2D eigenvalue weighted by Gasteiger charge is -2.14. The van der Waals surface area contributed by atoms with Crippen molar-refractivity contribution in [2.45, 2.75) is 20.4 Å². The van der Waals surface area contributed by atoms with Crippen molar-refractivity contribution in [1.29, 1.82) is 0 Å². The van der Waals surface area contributed by atoms with Crippen molar-refractivity contribution in [3.63, 3.8) is 0 Å². The summed E-state index contributed by atoms with van der Waals surface area (Å²) in [7, 11) is 0. The number of nitrogens with two attached hydrogens (primary N) is 1. The topological polar surface area (TPSA) is 99.6 Å². The molecule has 146 valence electrons. The maximum Gasteiger partial charge on any atom is 0.193 e. The zero-order valence-electron chi connectivity index (χ0n) is 16.0. The minimum atomic E-state index is 0.301. The Bertz CT molecular complexity index is 907. The Balaban J connectivity index is 1.67. The van der Waals surface area contributed by atoms with Gasteiger partial charge in [0.15, 0.2) is 5.96 Å². The summed E-state index contributed by atoms with van der Waals surface area (Å²) in [4.78, 5) is 8.36. The van der Waals surface area contributed by atoms with Gasteiger partial charge in [0.1, 0.15) is 24.2 Å². The van der Waals surface area contributed by atoms with E-state index >= 15 is 0 Å². The summed E-state index contributed by atoms with van der Waals surface area (Å²) in [6.07, 6.45) is 3.16. The minimum absolute atomic E-state index is 0.301. The Morgan fingerprint density at radius 2 is 1.89 bits per heavy atom. The molecule has 8 nitrogen and oxygen atoms in total. The van der Waals surface area contributed by atoms with Gasteiger partial charge in [0.25, 0.3) is 0 Å². The lowest BCUT2D eigenvalue weighted by Crippen LogP contribution is -2.23. The van der Waals surface area contributed by atoms with Crippen LogP contribution in [-0.4, -0.2) is 33.9 Å². The molecule has 2 aromatic carbocycles. The van der Waals surface area contributed by atoms with Gasteiger partial charge < -0.3 is 20.5 Å². The molecule has 1 heterocycles. The van der Waals surface area contributed by atoms with E-state index in [0.717, 1.165) is 22.7 Å². The summed E-state index contributed by atoms with van der Waals surface area (Å²) in [6, 6.07) is 13.5. The van der Waals surface area contributed by atoms with Crippen LogP contribution in [0.15, 0.2) is 60.1 Å². The minimum Gasteiger partial charge on any atom is -0.494 e. The van der Waals surface area contributed by atoms with Crippen LogP contribution in [-0.2, 0) is 6.54 Å². The third-order valence-electron chi connectivity index (χ3n) is 3.88. The molecule has 3 N–H and O–H groups in total. The van der Waals surface area contributed by atoms with Crippen molar-refractivity contribution in [2.75, 3.05) is 18.5 Å². The van der Waals surface area contributed by atoms with Crippen molar-refractivity contribution in [1.82, 2.24) is 14.8 Å². The molecule has 0 aliphatic carbocycles. The number of hydrogen-bond donors (Lipinski definition) is 2. The quantitative estimate of drug-likeness (QED) is 0.460. The van der Waals surface area contributed by atoms with E-state index in [-0.39, 0.29) is 0 Å². The molecule has 0 aliphatic rings. The van der Waals surface area contributed by atoms with Gasteiger partial charge in [0.05, 0.1) is 31.1 Å². The number of aromatic nitrogens is 3. The van der Waals surface area contributed by atoms with Gasteiger partial charge in [-0.15, -0.1) is 0 Å². The molecule has 3 rings (SSSR count). The van der Waals surface area contributed by atoms with E-state index in [1.54, 1.807) is 11.0 Å². The highest BCUT2D eigenvalue weighted by atomic mass is 16.5. The molecule has 0 aliphatic heterocycles. The van der Waals surface area contributed by atoms with Crippen LogP contribution in [0.3, 0.4) is 0 Å². The fourth-order valence-electron chi connectivity index (χ4n) is 2.59. The molecule has 0 saturated carbocycles. The first kappa shape index (κ1) is 19.2. The molecular formula is C20H24N6O2. The first-order valence-corrected chi connectivity index (χ1v) is 9.10. The number of hydrogen-bond acceptors (Lipinski definition) is 5. The maximum absolute atomic E-state index is 6.07. The van der Waals surface area contributed by atoms with Crippen LogP contribution in [0, 0.1) is 0 Å². The van der Waals surface area contributed by atoms with Crippen LogP contribution in [0.4, 0.5) is 5.69 Å². The van der Waals surface area contributed by atoms with Crippen LogP contribution < -0.4 is 20.5 Å². The smallest absolute Gasteiger partial charge is 0.193 e. The summed E-state index contributed by atoms with van der Waals surface area (Å²) in [5.74, 6) is 1.74. The molecule has 28 heavy (non-hydrogen) atoms. The maximum atomic E-state index is 6.07. The van der Waals surface area contributed by atoms with Crippen molar-refractivity contribution in [3.8, 4) is 17.2 Å². The van der Waals surface area contributed by atoms with Crippen LogP contribution in [0.25, 0.3) is 5.69 Å². The Hall–Kier alpha value is -3.55. The number of nitrogens with zero attached hydrogens (tertiary/aromatic N) is 4. The van der Waals surface area contributed by atoms with E-state index in [1.807, 2.05) is 56.3 Å². The van der Waals surface area contributed by atoms with E-state index in [2.05, 4.69) is 20.4 Å². The third kappa shape index (κ3) is 5.00. The number of benzene rings is 2. The first-order valence-electron chi connectivity index (χ1n) is 9.10. The summed E-state index contributed by atoms with van der Waals surface area (Å²) in [5.41, 5.74) is 8.75. The van der Waals surface area contributed by atoms with Gasteiger partial charge in [0.2, 0.25) is 0 Å². The van der Waals surface area contributed by atoms with E-state index in [4.69, 9.17) is 15.2 Å². The summed E-state index contributed by atoms with van der Waals surface area (Å²) < 4.78 is 12.9. The van der Waals surface area contributed by atoms with E-state index in [0.29, 0.717) is 31.5 Å². The molecule has 0 saturated heterocycles. The van der Waals surface area contributed by atoms with Gasteiger partial charge in [-0.2, -0.15) is 5.10 Å². The predicted octanol–water partition coefficient (Wildman–Crippen LogP) is 2.99. The fraction of sp³-hybridized carbons (Fsp3) is 0.250. The molecule has 0 bridgehead atoms. The van der Waals surface area contributed by atoms with E-state index in [9.17, 15) is 0 Å². The second-order valence-corrected chi connectivity index (χ2v) is 5.86. The highest BCUT2D eigenvalue weighted by molar-refractivity contribution is 5.94. The molecule has 0 spiro atoms. The summed E-state index contributed by atoms with van der Waals surface area (Å²) in [6.45, 7) is 5.46. The lowest BCUT2D eigenvalue weighted by molar-refractivity contribution is 0.332. The van der Waals surface area contributed by atoms with Crippen molar-refractivity contribution >= 4 is 11.6 Å². The first-order chi connectivity index (χ1) is 13.7. The highest BCUT2D eigenvalue weighted by Gasteiger charge is 2.07. The Labute approximate surface area is 164 Å². The van der Waals surface area contributed by atoms with Crippen molar-refractivity contribution in [2.24, 2.45) is 10.7 Å². The highest BCUT2D eigenvalue weighted by Crippen LogP contribution is 2.29. The molecule has 0 fully saturated rings. The standard InChI is InChI=1S/C20H24N6O2/c1-3-27-17-9-10-19(28-4-2)18(11-17)25-20(21)23-12-15-5-7-16(8-6-15)26-14-22-13-24-26/h5-11,13-14H,3-4,12H2,1-2H3,(H3,21,23,25). The third-order valence-corrected chi connectivity index (χ3v) is 3.88. The van der Waals surface area contributed by atoms with Crippen LogP contribution >= 0.6 is 0 Å². The second kappa shape index (κ2) is 9.40. The van der Waals surface area contributed by atoms with E-state index in [1.165, 1.54) is 6.33 Å². The van der Waals surface area contributed by atoms with Gasteiger partial charge >= 0.3 is 0 Å². The Kier molecular flexibility index (Phi) is 6.46. The fourth-order valence-corrected chi connectivity index (χ4v) is 2.59. The van der Waals surface area contributed by atoms with E-state index < -0.39 is 0 Å². The average molecular weight is 380 g/mol. The zero-order chi connectivity index (χ0) is 19.8. The average Bonchev–Trinajstić information content (AvgIpc) is 3.24. The normalized spacial score (nSPS) is 11.3. The molecule has 3 aromatic rings. The van der Waals surface area contributed by atoms with Gasteiger partial charge in [-0.25, -0.2) is 14.7 Å². The second-order valence-electron chi connectivity index (χ2n) is 5.86. The lowest BCUT2D eigenvalue weighted by atomic mass is 10.2. The molecule has 8 heteroatoms. The Morgan fingerprint density at radius 1 is 1.11 bits per heavy atom. The summed E-state index contributed by atoms with van der Waals surface area (Å²) in [5, 5.41) is 7.21. The SMILES string of the molecule is CCOc1ccc(OCC)c(NC(N)=NCc2ccc(-n3cncn3)cc2)c1. The zero-order valence-corrected chi connectivity index (χ0v) is 16.0. The molecular weight excluding hydrogens is 356 g/mol. The van der Waals surface area contributed by atoms with Gasteiger partial charge in [-0.1, -0.05) is 12.1 Å². The van der Waals surface area contributed by atoms with Crippen molar-refractivity contribution < 1.29 is 9.47 Å². The summed E-state index contributed by atoms with van der Waals surface area (Å²) >= 11 is 0. The Morgan fingerprint density at radius 3 is 2.57 bits per heavy atom.